The summed E-state index contributed by atoms with van der Waals surface area (Å²) in [7, 11) is 0. The van der Waals surface area contributed by atoms with E-state index in [0.29, 0.717) is 38.6 Å². The summed E-state index contributed by atoms with van der Waals surface area (Å²) in [5.74, 6) is 0.447. The van der Waals surface area contributed by atoms with Crippen molar-refractivity contribution in [3.05, 3.63) is 0 Å². The normalized spacial score (nSPS) is 28.6. The summed E-state index contributed by atoms with van der Waals surface area (Å²) in [4.78, 5) is 0. The van der Waals surface area contributed by atoms with Crippen molar-refractivity contribution in [2.45, 2.75) is 166 Å². The van der Waals surface area contributed by atoms with Crippen molar-refractivity contribution in [1.82, 2.24) is 0 Å². The zero-order chi connectivity index (χ0) is 31.8. The van der Waals surface area contributed by atoms with Gasteiger partial charge in [-0.3, -0.25) is 0 Å². The molecular formula is C36H66O8. The van der Waals surface area contributed by atoms with E-state index < -0.39 is 0 Å². The smallest absolute Gasteiger partial charge is 0.104 e. The van der Waals surface area contributed by atoms with Crippen LogP contribution in [0.4, 0.5) is 0 Å². The molecule has 0 N–H and O–H groups in total. The summed E-state index contributed by atoms with van der Waals surface area (Å²) in [6.07, 6.45) is 10.5. The Morgan fingerprint density at radius 3 is 1.07 bits per heavy atom. The molecule has 8 unspecified atom stereocenters. The predicted molar refractivity (Wildman–Crippen MR) is 172 cm³/mol. The summed E-state index contributed by atoms with van der Waals surface area (Å²) >= 11 is 0. The van der Waals surface area contributed by atoms with Gasteiger partial charge in [0.25, 0.3) is 0 Å². The van der Waals surface area contributed by atoms with Crippen LogP contribution in [0.15, 0.2) is 0 Å². The maximum Gasteiger partial charge on any atom is 0.104 e. The van der Waals surface area contributed by atoms with Gasteiger partial charge in [-0.25, -0.2) is 0 Å². The fourth-order valence-electron chi connectivity index (χ4n) is 7.51. The van der Waals surface area contributed by atoms with Crippen LogP contribution in [0.3, 0.4) is 0 Å². The molecule has 4 aliphatic rings. The quantitative estimate of drug-likeness (QED) is 0.0911. The van der Waals surface area contributed by atoms with E-state index >= 15 is 0 Å². The third kappa shape index (κ3) is 9.85. The molecule has 0 aliphatic carbocycles. The third-order valence-electron chi connectivity index (χ3n) is 12.0. The number of rotatable bonds is 27. The Balaban J connectivity index is 1.49. The fraction of sp³-hybridized carbons (Fsp3) is 1.00. The summed E-state index contributed by atoms with van der Waals surface area (Å²) in [5, 5.41) is 0. The van der Waals surface area contributed by atoms with E-state index in [1.54, 1.807) is 0 Å². The highest BCUT2D eigenvalue weighted by Crippen LogP contribution is 2.45. The van der Waals surface area contributed by atoms with Crippen LogP contribution < -0.4 is 0 Å². The highest BCUT2D eigenvalue weighted by Gasteiger charge is 2.49. The highest BCUT2D eigenvalue weighted by molar-refractivity contribution is 4.98. The molecule has 0 radical (unpaired) electrons. The van der Waals surface area contributed by atoms with E-state index in [0.717, 1.165) is 90.6 Å². The second-order valence-electron chi connectivity index (χ2n) is 14.2. The lowest BCUT2D eigenvalue weighted by molar-refractivity contribution is -0.180. The average molecular weight is 627 g/mol. The van der Waals surface area contributed by atoms with Crippen molar-refractivity contribution in [2.75, 3.05) is 52.9 Å². The van der Waals surface area contributed by atoms with Crippen molar-refractivity contribution in [3.63, 3.8) is 0 Å². The monoisotopic (exact) mass is 626 g/mol. The van der Waals surface area contributed by atoms with Gasteiger partial charge in [0.1, 0.15) is 12.2 Å². The van der Waals surface area contributed by atoms with Gasteiger partial charge in [0.2, 0.25) is 0 Å². The molecular weight excluding hydrogens is 560 g/mol. The zero-order valence-electron chi connectivity index (χ0n) is 29.5. The van der Waals surface area contributed by atoms with Gasteiger partial charge < -0.3 is 37.9 Å². The molecule has 0 aromatic rings. The van der Waals surface area contributed by atoms with Crippen molar-refractivity contribution in [3.8, 4) is 0 Å². The Morgan fingerprint density at radius 2 is 0.818 bits per heavy atom. The second kappa shape index (κ2) is 16.2. The SMILES string of the molecule is CCC(CC)(CC1CO1)OCCC(CC)(OCC1CO1)C(C)C(C)C(CC)(CCOC(CC)(CC)CC1CO1)OCC1CO1. The summed E-state index contributed by atoms with van der Waals surface area (Å²) in [5.41, 5.74) is -0.975. The van der Waals surface area contributed by atoms with Crippen LogP contribution in [-0.2, 0) is 37.9 Å². The molecule has 8 heteroatoms. The summed E-state index contributed by atoms with van der Waals surface area (Å²) in [6, 6.07) is 0. The molecule has 0 aromatic heterocycles. The lowest BCUT2D eigenvalue weighted by Gasteiger charge is -2.49. The number of epoxide rings is 4. The van der Waals surface area contributed by atoms with Gasteiger partial charge in [0, 0.05) is 25.7 Å². The first kappa shape index (κ1) is 36.5. The standard InChI is InChI=1S/C36H66O8/c1-9-33(10-2,19-29-21-37-29)41-17-15-35(13-5,43-25-31-23-39-31)27(7)28(8)36(14-6,44-26-32-24-40-32)16-18-42-34(11-3,12-4)20-30-22-38-30/h27-32H,9-26H2,1-8H3. The van der Waals surface area contributed by atoms with Crippen LogP contribution in [0.1, 0.15) is 120 Å². The molecule has 4 saturated heterocycles. The van der Waals surface area contributed by atoms with E-state index in [1.807, 2.05) is 0 Å². The van der Waals surface area contributed by atoms with Crippen LogP contribution in [0.5, 0.6) is 0 Å². The van der Waals surface area contributed by atoms with Crippen LogP contribution >= 0.6 is 0 Å². The van der Waals surface area contributed by atoms with Crippen LogP contribution in [0.2, 0.25) is 0 Å². The van der Waals surface area contributed by atoms with Crippen LogP contribution in [0, 0.1) is 11.8 Å². The van der Waals surface area contributed by atoms with E-state index in [4.69, 9.17) is 37.9 Å². The van der Waals surface area contributed by atoms with Crippen molar-refractivity contribution in [1.29, 1.82) is 0 Å². The van der Waals surface area contributed by atoms with Crippen molar-refractivity contribution >= 4 is 0 Å². The van der Waals surface area contributed by atoms with Crippen LogP contribution in [0.25, 0.3) is 0 Å². The maximum absolute atomic E-state index is 6.93. The minimum Gasteiger partial charge on any atom is -0.375 e. The van der Waals surface area contributed by atoms with Crippen molar-refractivity contribution in [2.24, 2.45) is 11.8 Å². The molecule has 4 rings (SSSR count). The molecule has 4 heterocycles. The Labute approximate surface area is 268 Å². The minimum atomic E-state index is -0.352. The zero-order valence-corrected chi connectivity index (χ0v) is 29.5. The molecule has 8 nitrogen and oxygen atoms in total. The molecule has 4 aliphatic heterocycles. The first-order valence-electron chi connectivity index (χ1n) is 18.2. The minimum absolute atomic E-state index is 0.135. The second-order valence-corrected chi connectivity index (χ2v) is 14.2. The Hall–Kier alpha value is -0.320. The molecule has 0 saturated carbocycles. The fourth-order valence-corrected chi connectivity index (χ4v) is 7.51. The van der Waals surface area contributed by atoms with Gasteiger partial charge in [-0.2, -0.15) is 0 Å². The van der Waals surface area contributed by atoms with E-state index in [2.05, 4.69) is 55.4 Å². The largest absolute Gasteiger partial charge is 0.375 e. The topological polar surface area (TPSA) is 87.0 Å². The summed E-state index contributed by atoms with van der Waals surface area (Å²) < 4.78 is 49.8. The lowest BCUT2D eigenvalue weighted by atomic mass is 9.68. The Morgan fingerprint density at radius 1 is 0.500 bits per heavy atom. The molecule has 8 atom stereocenters. The van der Waals surface area contributed by atoms with E-state index in [1.165, 1.54) is 0 Å². The highest BCUT2D eigenvalue weighted by atomic mass is 16.6. The molecule has 0 spiro atoms. The summed E-state index contributed by atoms with van der Waals surface area (Å²) in [6.45, 7) is 24.2. The molecule has 0 amide bonds. The molecule has 258 valence electrons. The van der Waals surface area contributed by atoms with Crippen LogP contribution in [-0.4, -0.2) is 99.7 Å². The Bertz CT molecular complexity index is 762. The van der Waals surface area contributed by atoms with Gasteiger partial charge in [0.05, 0.1) is 87.5 Å². The molecule has 0 bridgehead atoms. The molecule has 4 fully saturated rings. The van der Waals surface area contributed by atoms with Gasteiger partial charge in [-0.15, -0.1) is 0 Å². The third-order valence-corrected chi connectivity index (χ3v) is 12.0. The lowest BCUT2D eigenvalue weighted by Crippen LogP contribution is -2.52. The molecule has 44 heavy (non-hydrogen) atoms. The predicted octanol–water partition coefficient (Wildman–Crippen LogP) is 6.90. The van der Waals surface area contributed by atoms with Gasteiger partial charge in [-0.1, -0.05) is 55.4 Å². The number of ether oxygens (including phenoxy) is 8. The van der Waals surface area contributed by atoms with Gasteiger partial charge in [0.15, 0.2) is 0 Å². The number of hydrogen-bond donors (Lipinski definition) is 0. The maximum atomic E-state index is 6.93. The Kier molecular flexibility index (Phi) is 13.4. The van der Waals surface area contributed by atoms with E-state index in [9.17, 15) is 0 Å². The average Bonchev–Trinajstić information content (AvgIpc) is 3.86. The number of hydrogen-bond acceptors (Lipinski definition) is 8. The van der Waals surface area contributed by atoms with Crippen molar-refractivity contribution < 1.29 is 37.9 Å². The van der Waals surface area contributed by atoms with E-state index in [-0.39, 0.29) is 46.4 Å². The first-order valence-corrected chi connectivity index (χ1v) is 18.2. The first-order chi connectivity index (χ1) is 21.2. The van der Waals surface area contributed by atoms with Gasteiger partial charge in [-0.05, 0) is 50.4 Å². The van der Waals surface area contributed by atoms with Gasteiger partial charge >= 0.3 is 0 Å². The molecule has 0 aromatic carbocycles.